The van der Waals surface area contributed by atoms with Gasteiger partial charge in [0.25, 0.3) is 0 Å². The molecule has 1 saturated heterocycles. The minimum absolute atomic E-state index is 0.286. The molecule has 1 heterocycles. The summed E-state index contributed by atoms with van der Waals surface area (Å²) in [5.74, 6) is -0.315. The van der Waals surface area contributed by atoms with Gasteiger partial charge in [0.1, 0.15) is 5.82 Å². The lowest BCUT2D eigenvalue weighted by Gasteiger charge is -2.33. The fourth-order valence-corrected chi connectivity index (χ4v) is 3.88. The number of hydrogen-bond acceptors (Lipinski definition) is 3. The van der Waals surface area contributed by atoms with Gasteiger partial charge in [-0.1, -0.05) is 19.3 Å². The number of carbonyl (C=O) groups excluding carboxylic acids is 1. The molecule has 1 atom stereocenters. The van der Waals surface area contributed by atoms with Gasteiger partial charge in [-0.15, -0.1) is 0 Å². The van der Waals surface area contributed by atoms with Crippen LogP contribution in [0.5, 0.6) is 0 Å². The summed E-state index contributed by atoms with van der Waals surface area (Å²) < 4.78 is 14.6. The van der Waals surface area contributed by atoms with Gasteiger partial charge in [-0.25, -0.2) is 9.18 Å². The second-order valence-corrected chi connectivity index (χ2v) is 7.24. The maximum Gasteiger partial charge on any atom is 0.321 e. The zero-order valence-corrected chi connectivity index (χ0v) is 14.9. The van der Waals surface area contributed by atoms with Crippen molar-refractivity contribution in [3.63, 3.8) is 0 Å². The predicted molar refractivity (Wildman–Crippen MR) is 97.5 cm³/mol. The summed E-state index contributed by atoms with van der Waals surface area (Å²) in [6.45, 7) is 0.949. The summed E-state index contributed by atoms with van der Waals surface area (Å²) in [6.07, 6.45) is 6.91. The van der Waals surface area contributed by atoms with E-state index in [0.29, 0.717) is 30.5 Å². The Bertz CT molecular complexity index is 604. The number of benzene rings is 1. The largest absolute Gasteiger partial charge is 0.391 e. The Morgan fingerprint density at radius 3 is 2.68 bits per heavy atom. The van der Waals surface area contributed by atoms with Crippen LogP contribution >= 0.6 is 0 Å². The molecule has 0 radical (unpaired) electrons. The molecule has 1 saturated carbocycles. The minimum Gasteiger partial charge on any atom is -0.391 e. The molecule has 138 valence electrons. The van der Waals surface area contributed by atoms with E-state index in [2.05, 4.69) is 5.32 Å². The van der Waals surface area contributed by atoms with Gasteiger partial charge < -0.3 is 20.2 Å². The molecular weight excluding hydrogens is 321 g/mol. The molecule has 3 rings (SSSR count). The molecule has 0 bridgehead atoms. The first-order chi connectivity index (χ1) is 12.0. The highest BCUT2D eigenvalue weighted by atomic mass is 19.1. The Morgan fingerprint density at radius 1 is 1.24 bits per heavy atom. The minimum atomic E-state index is -0.470. The summed E-state index contributed by atoms with van der Waals surface area (Å²) in [7, 11) is 1.95. The van der Waals surface area contributed by atoms with Crippen molar-refractivity contribution in [2.24, 2.45) is 0 Å². The molecule has 2 N–H and O–H groups in total. The number of urea groups is 1. The highest BCUT2D eigenvalue weighted by Crippen LogP contribution is 2.29. The fourth-order valence-electron chi connectivity index (χ4n) is 3.88. The van der Waals surface area contributed by atoms with E-state index in [-0.39, 0.29) is 11.8 Å². The Kier molecular flexibility index (Phi) is 5.78. The second kappa shape index (κ2) is 8.04. The number of β-amino-alcohol motifs (C(OH)–C–C–N with tert-alkyl or cyclic N) is 1. The number of rotatable bonds is 3. The number of amides is 2. The molecular formula is C19H28FN3O2. The number of anilines is 2. The van der Waals surface area contributed by atoms with Crippen molar-refractivity contribution in [1.29, 1.82) is 0 Å². The Morgan fingerprint density at radius 2 is 2.00 bits per heavy atom. The first-order valence-electron chi connectivity index (χ1n) is 9.31. The summed E-state index contributed by atoms with van der Waals surface area (Å²) in [6, 6.07) is 4.97. The lowest BCUT2D eigenvalue weighted by Crippen LogP contribution is -2.44. The quantitative estimate of drug-likeness (QED) is 0.877. The molecule has 2 fully saturated rings. The Hall–Kier alpha value is -1.82. The number of carbonyl (C=O) groups is 1. The van der Waals surface area contributed by atoms with Crippen molar-refractivity contribution in [3.8, 4) is 0 Å². The van der Waals surface area contributed by atoms with Gasteiger partial charge in [0.2, 0.25) is 0 Å². The van der Waals surface area contributed by atoms with Crippen molar-refractivity contribution in [1.82, 2.24) is 4.90 Å². The molecule has 1 aromatic rings. The standard InChI is InChI=1S/C19H28FN3O2/c1-22(15-6-3-2-4-7-15)18-10-9-14(12-17(18)20)21-19(25)23-11-5-8-16(24)13-23/h9-10,12,15-16,24H,2-8,11,13H2,1H3,(H,21,25)/t16-/m1/s1. The number of nitrogens with zero attached hydrogens (tertiary/aromatic N) is 2. The highest BCUT2D eigenvalue weighted by molar-refractivity contribution is 5.89. The van der Waals surface area contributed by atoms with Crippen molar-refractivity contribution in [2.45, 2.75) is 57.1 Å². The average Bonchev–Trinajstić information content (AvgIpc) is 2.62. The van der Waals surface area contributed by atoms with Crippen LogP contribution in [0.25, 0.3) is 0 Å². The highest BCUT2D eigenvalue weighted by Gasteiger charge is 2.23. The van der Waals surface area contributed by atoms with Crippen LogP contribution in [0.2, 0.25) is 0 Å². The van der Waals surface area contributed by atoms with E-state index in [1.165, 1.54) is 25.3 Å². The molecule has 2 aliphatic rings. The molecule has 1 aliphatic carbocycles. The number of likely N-dealkylation sites (tertiary alicyclic amines) is 1. The van der Waals surface area contributed by atoms with Crippen LogP contribution in [0.3, 0.4) is 0 Å². The summed E-state index contributed by atoms with van der Waals surface area (Å²) >= 11 is 0. The predicted octanol–water partition coefficient (Wildman–Crippen LogP) is 3.58. The Balaban J connectivity index is 1.64. The molecule has 1 aromatic carbocycles. The van der Waals surface area contributed by atoms with Gasteiger partial charge in [-0.2, -0.15) is 0 Å². The van der Waals surface area contributed by atoms with Crippen LogP contribution in [0.15, 0.2) is 18.2 Å². The zero-order valence-electron chi connectivity index (χ0n) is 14.9. The van der Waals surface area contributed by atoms with Crippen LogP contribution in [-0.2, 0) is 0 Å². The van der Waals surface area contributed by atoms with Gasteiger partial charge >= 0.3 is 6.03 Å². The van der Waals surface area contributed by atoms with E-state index in [4.69, 9.17) is 0 Å². The lowest BCUT2D eigenvalue weighted by atomic mass is 9.94. The Labute approximate surface area is 148 Å². The van der Waals surface area contributed by atoms with Crippen molar-refractivity contribution in [2.75, 3.05) is 30.4 Å². The summed E-state index contributed by atoms with van der Waals surface area (Å²) in [5.41, 5.74) is 1.03. The monoisotopic (exact) mass is 349 g/mol. The average molecular weight is 349 g/mol. The number of halogens is 1. The molecule has 2 amide bonds. The smallest absolute Gasteiger partial charge is 0.321 e. The normalized spacial score (nSPS) is 21.9. The third-order valence-corrected chi connectivity index (χ3v) is 5.39. The van der Waals surface area contributed by atoms with Crippen LogP contribution in [0, 0.1) is 5.82 Å². The van der Waals surface area contributed by atoms with Crippen molar-refractivity contribution >= 4 is 17.4 Å². The van der Waals surface area contributed by atoms with Crippen LogP contribution in [0.1, 0.15) is 44.9 Å². The third-order valence-electron chi connectivity index (χ3n) is 5.39. The van der Waals surface area contributed by atoms with E-state index < -0.39 is 6.10 Å². The molecule has 6 heteroatoms. The molecule has 5 nitrogen and oxygen atoms in total. The molecule has 0 spiro atoms. The van der Waals surface area contributed by atoms with Gasteiger partial charge in [0.05, 0.1) is 11.8 Å². The number of piperidine rings is 1. The molecule has 1 aliphatic heterocycles. The number of aliphatic hydroxyl groups excluding tert-OH is 1. The first-order valence-corrected chi connectivity index (χ1v) is 9.31. The number of aliphatic hydroxyl groups is 1. The summed E-state index contributed by atoms with van der Waals surface area (Å²) in [5, 5.41) is 12.4. The number of hydrogen-bond donors (Lipinski definition) is 2. The SMILES string of the molecule is CN(c1ccc(NC(=O)N2CCC[C@@H](O)C2)cc1F)C1CCCCC1. The van der Waals surface area contributed by atoms with Gasteiger partial charge in [-0.05, 0) is 43.9 Å². The summed E-state index contributed by atoms with van der Waals surface area (Å²) in [4.78, 5) is 15.9. The molecule has 0 unspecified atom stereocenters. The van der Waals surface area contributed by atoms with E-state index in [1.54, 1.807) is 17.0 Å². The van der Waals surface area contributed by atoms with E-state index in [1.807, 2.05) is 11.9 Å². The van der Waals surface area contributed by atoms with Gasteiger partial charge in [0, 0.05) is 31.9 Å². The van der Waals surface area contributed by atoms with E-state index >= 15 is 0 Å². The topological polar surface area (TPSA) is 55.8 Å². The fraction of sp³-hybridized carbons (Fsp3) is 0.632. The van der Waals surface area contributed by atoms with Crippen molar-refractivity contribution < 1.29 is 14.3 Å². The second-order valence-electron chi connectivity index (χ2n) is 7.24. The zero-order chi connectivity index (χ0) is 17.8. The lowest BCUT2D eigenvalue weighted by molar-refractivity contribution is 0.0883. The van der Waals surface area contributed by atoms with Gasteiger partial charge in [-0.3, -0.25) is 0 Å². The van der Waals surface area contributed by atoms with Crippen LogP contribution in [0.4, 0.5) is 20.6 Å². The molecule has 25 heavy (non-hydrogen) atoms. The van der Waals surface area contributed by atoms with Crippen molar-refractivity contribution in [3.05, 3.63) is 24.0 Å². The maximum absolute atomic E-state index is 14.6. The van der Waals surface area contributed by atoms with E-state index in [9.17, 15) is 14.3 Å². The third kappa shape index (κ3) is 4.42. The first kappa shape index (κ1) is 18.0. The van der Waals surface area contributed by atoms with Crippen LogP contribution in [-0.4, -0.2) is 48.3 Å². The maximum atomic E-state index is 14.6. The van der Waals surface area contributed by atoms with Gasteiger partial charge in [0.15, 0.2) is 0 Å². The number of nitrogens with one attached hydrogen (secondary N) is 1. The van der Waals surface area contributed by atoms with E-state index in [0.717, 1.165) is 25.7 Å². The van der Waals surface area contributed by atoms with Crippen LogP contribution < -0.4 is 10.2 Å². The molecule has 0 aromatic heterocycles.